The average molecular weight is 409 g/mol. The lowest BCUT2D eigenvalue weighted by molar-refractivity contribution is -0.191. The fourth-order valence-corrected chi connectivity index (χ4v) is 4.26. The number of imide groups is 1. The van der Waals surface area contributed by atoms with E-state index in [1.807, 2.05) is 0 Å². The minimum absolute atomic E-state index is 0.345. The molecule has 2 aromatic rings. The third-order valence-corrected chi connectivity index (χ3v) is 5.55. The number of fused-ring (bicyclic) bond motifs is 1. The largest absolute Gasteiger partial charge is 0.466 e. The van der Waals surface area contributed by atoms with Crippen LogP contribution in [0.2, 0.25) is 0 Å². The van der Waals surface area contributed by atoms with Gasteiger partial charge in [-0.15, -0.1) is 0 Å². The van der Waals surface area contributed by atoms with Crippen LogP contribution in [0.25, 0.3) is 0 Å². The van der Waals surface area contributed by atoms with E-state index >= 15 is 0 Å². The SMILES string of the molecule is COC(=O)C1(C(=O)OC)O[C@H](c2ccccc2)[C@@H]2C(=O)N(c3ccccc3)C(=O)[C@H]21. The van der Waals surface area contributed by atoms with Crippen LogP contribution in [-0.4, -0.2) is 43.6 Å². The van der Waals surface area contributed by atoms with Gasteiger partial charge < -0.3 is 14.2 Å². The van der Waals surface area contributed by atoms with E-state index in [9.17, 15) is 19.2 Å². The number of ether oxygens (including phenoxy) is 3. The number of methoxy groups -OCH3 is 2. The normalized spacial score (nSPS) is 24.5. The van der Waals surface area contributed by atoms with Crippen LogP contribution in [0.4, 0.5) is 5.69 Å². The summed E-state index contributed by atoms with van der Waals surface area (Å²) in [5.41, 5.74) is -1.49. The second-order valence-electron chi connectivity index (χ2n) is 7.02. The molecule has 2 aliphatic rings. The van der Waals surface area contributed by atoms with Crippen LogP contribution in [0.15, 0.2) is 60.7 Å². The zero-order valence-electron chi connectivity index (χ0n) is 16.3. The van der Waals surface area contributed by atoms with Crippen molar-refractivity contribution in [1.82, 2.24) is 0 Å². The first kappa shape index (κ1) is 19.8. The van der Waals surface area contributed by atoms with Crippen LogP contribution in [0.5, 0.6) is 0 Å². The van der Waals surface area contributed by atoms with Crippen molar-refractivity contribution in [2.24, 2.45) is 11.8 Å². The van der Waals surface area contributed by atoms with Gasteiger partial charge in [0.05, 0.1) is 31.9 Å². The smallest absolute Gasteiger partial charge is 0.350 e. The number of rotatable bonds is 4. The molecule has 0 radical (unpaired) electrons. The van der Waals surface area contributed by atoms with Crippen LogP contribution >= 0.6 is 0 Å². The van der Waals surface area contributed by atoms with Gasteiger partial charge in [-0.05, 0) is 17.7 Å². The maximum absolute atomic E-state index is 13.4. The number of carbonyl (C=O) groups is 4. The number of carbonyl (C=O) groups excluding carboxylic acids is 4. The molecule has 2 amide bonds. The summed E-state index contributed by atoms with van der Waals surface area (Å²) in [4.78, 5) is 53.5. The van der Waals surface area contributed by atoms with E-state index in [4.69, 9.17) is 14.2 Å². The van der Waals surface area contributed by atoms with Gasteiger partial charge >= 0.3 is 11.9 Å². The molecule has 154 valence electrons. The lowest BCUT2D eigenvalue weighted by atomic mass is 9.79. The standard InChI is InChI=1S/C22H19NO7/c1-28-20(26)22(21(27)29-2)16-15(17(30-22)13-9-5-3-6-10-13)18(24)23(19(16)25)14-11-7-4-8-12-14/h3-12,15-17H,1-2H3/t15-,16+,17-/m1/s1. The van der Waals surface area contributed by atoms with Gasteiger partial charge in [0.25, 0.3) is 5.60 Å². The van der Waals surface area contributed by atoms with Gasteiger partial charge in [-0.25, -0.2) is 14.5 Å². The van der Waals surface area contributed by atoms with E-state index < -0.39 is 47.3 Å². The summed E-state index contributed by atoms with van der Waals surface area (Å²) in [6.07, 6.45) is -1.01. The summed E-state index contributed by atoms with van der Waals surface area (Å²) in [6.45, 7) is 0. The third-order valence-electron chi connectivity index (χ3n) is 5.55. The topological polar surface area (TPSA) is 99.2 Å². The molecule has 8 nitrogen and oxygen atoms in total. The van der Waals surface area contributed by atoms with Gasteiger partial charge in [0.15, 0.2) is 0 Å². The zero-order valence-corrected chi connectivity index (χ0v) is 16.3. The predicted octanol–water partition coefficient (Wildman–Crippen LogP) is 1.65. The number of para-hydroxylation sites is 1. The number of hydrogen-bond donors (Lipinski definition) is 0. The molecule has 30 heavy (non-hydrogen) atoms. The lowest BCUT2D eigenvalue weighted by Gasteiger charge is -2.28. The molecular weight excluding hydrogens is 390 g/mol. The fraction of sp³-hybridized carbons (Fsp3) is 0.273. The number of nitrogens with zero attached hydrogens (tertiary/aromatic N) is 1. The van der Waals surface area contributed by atoms with Gasteiger partial charge in [-0.3, -0.25) is 9.59 Å². The molecule has 2 fully saturated rings. The Morgan fingerprint density at radius 2 is 1.40 bits per heavy atom. The Kier molecular flexibility index (Phi) is 4.87. The highest BCUT2D eigenvalue weighted by Gasteiger charge is 2.74. The molecule has 0 aromatic heterocycles. The van der Waals surface area contributed by atoms with Gasteiger partial charge in [0.1, 0.15) is 5.92 Å². The second kappa shape index (κ2) is 7.38. The maximum atomic E-state index is 13.4. The first-order chi connectivity index (χ1) is 14.5. The zero-order chi connectivity index (χ0) is 21.5. The molecular formula is C22H19NO7. The highest BCUT2D eigenvalue weighted by molar-refractivity contribution is 6.26. The number of hydrogen-bond acceptors (Lipinski definition) is 7. The van der Waals surface area contributed by atoms with Crippen LogP contribution in [0.3, 0.4) is 0 Å². The highest BCUT2D eigenvalue weighted by Crippen LogP contribution is 2.54. The lowest BCUT2D eigenvalue weighted by Crippen LogP contribution is -2.56. The summed E-state index contributed by atoms with van der Waals surface area (Å²) < 4.78 is 15.6. The molecule has 2 heterocycles. The Morgan fingerprint density at radius 3 is 1.93 bits per heavy atom. The van der Waals surface area contributed by atoms with E-state index in [2.05, 4.69) is 0 Å². The molecule has 0 saturated carbocycles. The summed E-state index contributed by atoms with van der Waals surface area (Å²) in [5.74, 6) is -5.96. The van der Waals surface area contributed by atoms with Crippen molar-refractivity contribution in [2.45, 2.75) is 11.7 Å². The van der Waals surface area contributed by atoms with Gasteiger partial charge in [0.2, 0.25) is 11.8 Å². The molecule has 4 rings (SSSR count). The predicted molar refractivity (Wildman–Crippen MR) is 103 cm³/mol. The maximum Gasteiger partial charge on any atom is 0.350 e. The van der Waals surface area contributed by atoms with E-state index in [0.29, 0.717) is 11.3 Å². The Labute approximate surface area is 172 Å². The van der Waals surface area contributed by atoms with Crippen molar-refractivity contribution in [2.75, 3.05) is 19.1 Å². The summed E-state index contributed by atoms with van der Waals surface area (Å²) in [7, 11) is 2.16. The summed E-state index contributed by atoms with van der Waals surface area (Å²) >= 11 is 0. The minimum Gasteiger partial charge on any atom is -0.466 e. The second-order valence-corrected chi connectivity index (χ2v) is 7.02. The molecule has 0 bridgehead atoms. The molecule has 0 unspecified atom stereocenters. The Bertz CT molecular complexity index is 989. The van der Waals surface area contributed by atoms with E-state index in [-0.39, 0.29) is 0 Å². The Hall–Kier alpha value is -3.52. The molecule has 2 saturated heterocycles. The molecule has 2 aliphatic heterocycles. The quantitative estimate of drug-likeness (QED) is 0.430. The molecule has 3 atom stereocenters. The van der Waals surface area contributed by atoms with Crippen molar-refractivity contribution >= 4 is 29.4 Å². The molecule has 0 aliphatic carbocycles. The Morgan fingerprint density at radius 1 is 0.867 bits per heavy atom. The first-order valence-electron chi connectivity index (χ1n) is 9.29. The molecule has 2 aromatic carbocycles. The summed E-state index contributed by atoms with van der Waals surface area (Å²) in [6, 6.07) is 17.0. The van der Waals surface area contributed by atoms with Crippen LogP contribution < -0.4 is 4.90 Å². The van der Waals surface area contributed by atoms with E-state index in [1.54, 1.807) is 60.7 Å². The average Bonchev–Trinajstić information content (AvgIpc) is 3.28. The van der Waals surface area contributed by atoms with E-state index in [0.717, 1.165) is 19.1 Å². The Balaban J connectivity index is 1.91. The molecule has 8 heteroatoms. The minimum atomic E-state index is -2.38. The highest BCUT2D eigenvalue weighted by atomic mass is 16.6. The number of esters is 2. The fourth-order valence-electron chi connectivity index (χ4n) is 4.26. The van der Waals surface area contributed by atoms with Crippen molar-refractivity contribution in [3.8, 4) is 0 Å². The summed E-state index contributed by atoms with van der Waals surface area (Å²) in [5, 5.41) is 0. The van der Waals surface area contributed by atoms with Crippen LogP contribution in [0, 0.1) is 11.8 Å². The van der Waals surface area contributed by atoms with Crippen molar-refractivity contribution < 1.29 is 33.4 Å². The number of benzene rings is 2. The number of anilines is 1. The molecule has 0 N–H and O–H groups in total. The number of amides is 2. The van der Waals surface area contributed by atoms with Gasteiger partial charge in [-0.2, -0.15) is 0 Å². The molecule has 0 spiro atoms. The third kappa shape index (κ3) is 2.64. The van der Waals surface area contributed by atoms with Crippen LogP contribution in [0.1, 0.15) is 11.7 Å². The van der Waals surface area contributed by atoms with Crippen molar-refractivity contribution in [3.05, 3.63) is 66.2 Å². The van der Waals surface area contributed by atoms with Crippen molar-refractivity contribution in [3.63, 3.8) is 0 Å². The first-order valence-corrected chi connectivity index (χ1v) is 9.29. The van der Waals surface area contributed by atoms with Gasteiger partial charge in [0, 0.05) is 0 Å². The van der Waals surface area contributed by atoms with Gasteiger partial charge in [-0.1, -0.05) is 48.5 Å². The van der Waals surface area contributed by atoms with Crippen molar-refractivity contribution in [1.29, 1.82) is 0 Å². The van der Waals surface area contributed by atoms with E-state index in [1.165, 1.54) is 0 Å². The monoisotopic (exact) mass is 409 g/mol. The van der Waals surface area contributed by atoms with Crippen LogP contribution in [-0.2, 0) is 33.4 Å².